The number of aromatic carboxylic acids is 1. The van der Waals surface area contributed by atoms with Crippen LogP contribution in [0.25, 0.3) is 16.3 Å². The van der Waals surface area contributed by atoms with Gasteiger partial charge in [0.25, 0.3) is 5.56 Å². The predicted molar refractivity (Wildman–Crippen MR) is 69.5 cm³/mol. The van der Waals surface area contributed by atoms with Crippen LogP contribution in [-0.4, -0.2) is 25.7 Å². The Kier molecular flexibility index (Phi) is 2.60. The van der Waals surface area contributed by atoms with Gasteiger partial charge < -0.3 is 5.11 Å². The lowest BCUT2D eigenvalue weighted by molar-refractivity contribution is 0.0695. The average molecular weight is 273 g/mol. The van der Waals surface area contributed by atoms with Crippen molar-refractivity contribution >= 4 is 22.3 Å². The van der Waals surface area contributed by atoms with E-state index in [4.69, 9.17) is 5.11 Å². The molecule has 1 N–H and O–H groups in total. The zero-order valence-electron chi connectivity index (χ0n) is 9.48. The largest absolute Gasteiger partial charge is 0.477 e. The molecule has 0 radical (unpaired) electrons. The Balaban J connectivity index is 2.25. The standard InChI is InChI=1S/C12H7N3O3S/c16-10-8(11(17)18)6-19-12-13-9(14-15(10)12)7-4-2-1-3-5-7/h1-6H,(H,17,18). The van der Waals surface area contributed by atoms with E-state index in [-0.39, 0.29) is 5.56 Å². The molecule has 3 aromatic rings. The summed E-state index contributed by atoms with van der Waals surface area (Å²) in [7, 11) is 0. The highest BCUT2D eigenvalue weighted by Gasteiger charge is 2.15. The fraction of sp³-hybridized carbons (Fsp3) is 0. The maximum Gasteiger partial charge on any atom is 0.342 e. The highest BCUT2D eigenvalue weighted by atomic mass is 32.1. The lowest BCUT2D eigenvalue weighted by Gasteiger charge is -1.92. The number of hydrogen-bond donors (Lipinski definition) is 1. The maximum absolute atomic E-state index is 11.9. The van der Waals surface area contributed by atoms with E-state index in [0.717, 1.165) is 21.4 Å². The normalized spacial score (nSPS) is 10.7. The monoisotopic (exact) mass is 273 g/mol. The molecule has 0 bridgehead atoms. The van der Waals surface area contributed by atoms with E-state index in [1.54, 1.807) is 0 Å². The Morgan fingerprint density at radius 3 is 2.68 bits per heavy atom. The summed E-state index contributed by atoms with van der Waals surface area (Å²) in [6.45, 7) is 0. The summed E-state index contributed by atoms with van der Waals surface area (Å²) >= 11 is 1.07. The van der Waals surface area contributed by atoms with E-state index in [9.17, 15) is 9.59 Å². The van der Waals surface area contributed by atoms with Gasteiger partial charge in [-0.1, -0.05) is 30.3 Å². The minimum atomic E-state index is -1.26. The molecule has 0 aliphatic heterocycles. The van der Waals surface area contributed by atoms with Gasteiger partial charge in [-0.15, -0.1) is 16.4 Å². The van der Waals surface area contributed by atoms with E-state index < -0.39 is 11.5 Å². The van der Waals surface area contributed by atoms with E-state index in [1.807, 2.05) is 30.3 Å². The number of rotatable bonds is 2. The number of carbonyl (C=O) groups is 1. The molecule has 0 saturated carbocycles. The molecule has 0 amide bonds. The number of carboxylic acids is 1. The van der Waals surface area contributed by atoms with Crippen molar-refractivity contribution in [3.63, 3.8) is 0 Å². The third kappa shape index (κ3) is 1.89. The van der Waals surface area contributed by atoms with Crippen molar-refractivity contribution in [1.82, 2.24) is 14.6 Å². The van der Waals surface area contributed by atoms with E-state index in [0.29, 0.717) is 10.8 Å². The number of hydrogen-bond acceptors (Lipinski definition) is 5. The van der Waals surface area contributed by atoms with Crippen LogP contribution < -0.4 is 5.56 Å². The van der Waals surface area contributed by atoms with Crippen LogP contribution in [0.4, 0.5) is 0 Å². The summed E-state index contributed by atoms with van der Waals surface area (Å²) in [5.41, 5.74) is -0.201. The first-order valence-electron chi connectivity index (χ1n) is 5.34. The van der Waals surface area contributed by atoms with E-state index in [2.05, 4.69) is 10.1 Å². The van der Waals surface area contributed by atoms with Crippen molar-refractivity contribution in [2.45, 2.75) is 0 Å². The molecule has 7 heteroatoms. The van der Waals surface area contributed by atoms with Crippen molar-refractivity contribution < 1.29 is 9.90 Å². The molecule has 94 valence electrons. The van der Waals surface area contributed by atoms with Crippen LogP contribution in [0.3, 0.4) is 0 Å². The second kappa shape index (κ2) is 4.29. The molecule has 0 aliphatic rings. The van der Waals surface area contributed by atoms with Crippen LogP contribution in [0.1, 0.15) is 10.4 Å². The van der Waals surface area contributed by atoms with Crippen LogP contribution in [0.2, 0.25) is 0 Å². The maximum atomic E-state index is 11.9. The summed E-state index contributed by atoms with van der Waals surface area (Å²) < 4.78 is 1.02. The van der Waals surface area contributed by atoms with E-state index in [1.165, 1.54) is 5.38 Å². The van der Waals surface area contributed by atoms with Crippen molar-refractivity contribution in [2.75, 3.05) is 0 Å². The number of nitrogens with zero attached hydrogens (tertiary/aromatic N) is 3. The van der Waals surface area contributed by atoms with Gasteiger partial charge in [-0.25, -0.2) is 4.79 Å². The van der Waals surface area contributed by atoms with E-state index >= 15 is 0 Å². The van der Waals surface area contributed by atoms with Crippen molar-refractivity contribution in [3.8, 4) is 11.4 Å². The molecule has 0 aliphatic carbocycles. The zero-order valence-corrected chi connectivity index (χ0v) is 10.3. The van der Waals surface area contributed by atoms with Gasteiger partial charge in [0, 0.05) is 10.9 Å². The molecule has 2 heterocycles. The van der Waals surface area contributed by atoms with Crippen LogP contribution in [-0.2, 0) is 0 Å². The third-order valence-electron chi connectivity index (χ3n) is 2.54. The van der Waals surface area contributed by atoms with Gasteiger partial charge in [-0.2, -0.15) is 9.50 Å². The Labute approximate surface area is 110 Å². The molecule has 0 spiro atoms. The van der Waals surface area contributed by atoms with Crippen molar-refractivity contribution in [2.24, 2.45) is 0 Å². The quantitative estimate of drug-likeness (QED) is 0.765. The molecule has 0 unspecified atom stereocenters. The molecule has 0 fully saturated rings. The summed E-state index contributed by atoms with van der Waals surface area (Å²) in [5, 5.41) is 14.2. The Morgan fingerprint density at radius 1 is 1.26 bits per heavy atom. The Morgan fingerprint density at radius 2 is 2.00 bits per heavy atom. The second-order valence-electron chi connectivity index (χ2n) is 3.76. The summed E-state index contributed by atoms with van der Waals surface area (Å²) in [6.07, 6.45) is 0. The van der Waals surface area contributed by atoms with Crippen LogP contribution in [0.15, 0.2) is 40.5 Å². The molecule has 6 nitrogen and oxygen atoms in total. The smallest absolute Gasteiger partial charge is 0.342 e. The zero-order chi connectivity index (χ0) is 13.4. The molecule has 2 aromatic heterocycles. The Hall–Kier alpha value is -2.54. The van der Waals surface area contributed by atoms with Gasteiger partial charge in [0.05, 0.1) is 0 Å². The molecule has 19 heavy (non-hydrogen) atoms. The topological polar surface area (TPSA) is 84.6 Å². The molecule has 1 aromatic carbocycles. The fourth-order valence-corrected chi connectivity index (χ4v) is 2.42. The van der Waals surface area contributed by atoms with Gasteiger partial charge in [0.15, 0.2) is 5.82 Å². The lowest BCUT2D eigenvalue weighted by Crippen LogP contribution is -2.21. The van der Waals surface area contributed by atoms with Gasteiger partial charge >= 0.3 is 5.97 Å². The molecular weight excluding hydrogens is 266 g/mol. The molecule has 0 atom stereocenters. The average Bonchev–Trinajstić information content (AvgIpc) is 2.85. The predicted octanol–water partition coefficient (Wildman–Crippen LogP) is 1.52. The van der Waals surface area contributed by atoms with Gasteiger partial charge in [0.1, 0.15) is 5.56 Å². The highest BCUT2D eigenvalue weighted by Crippen LogP contribution is 2.16. The van der Waals surface area contributed by atoms with Crippen LogP contribution in [0.5, 0.6) is 0 Å². The highest BCUT2D eigenvalue weighted by molar-refractivity contribution is 7.15. The minimum Gasteiger partial charge on any atom is -0.477 e. The molecular formula is C12H7N3O3S. The number of benzene rings is 1. The van der Waals surface area contributed by atoms with Crippen molar-refractivity contribution in [1.29, 1.82) is 0 Å². The van der Waals surface area contributed by atoms with Crippen LogP contribution >= 0.6 is 11.3 Å². The van der Waals surface area contributed by atoms with Crippen molar-refractivity contribution in [3.05, 3.63) is 51.6 Å². The first-order chi connectivity index (χ1) is 9.16. The van der Waals surface area contributed by atoms with Crippen LogP contribution in [0, 0.1) is 0 Å². The Bertz CT molecular complexity index is 823. The third-order valence-corrected chi connectivity index (χ3v) is 3.37. The summed E-state index contributed by atoms with van der Waals surface area (Å²) in [4.78, 5) is 27.4. The van der Waals surface area contributed by atoms with Gasteiger partial charge in [-0.05, 0) is 0 Å². The molecule has 0 saturated heterocycles. The minimum absolute atomic E-state index is 0.304. The first kappa shape index (κ1) is 11.5. The summed E-state index contributed by atoms with van der Waals surface area (Å²) in [6, 6.07) is 9.18. The second-order valence-corrected chi connectivity index (χ2v) is 4.59. The molecule has 3 rings (SSSR count). The lowest BCUT2D eigenvalue weighted by atomic mass is 10.2. The number of carboxylic acid groups (broad SMARTS) is 1. The SMILES string of the molecule is O=C(O)c1csc2nc(-c3ccccc3)nn2c1=O. The first-order valence-corrected chi connectivity index (χ1v) is 6.22. The fourth-order valence-electron chi connectivity index (χ4n) is 1.63. The summed E-state index contributed by atoms with van der Waals surface area (Å²) in [5.74, 6) is -0.864. The number of aromatic nitrogens is 3. The number of fused-ring (bicyclic) bond motifs is 1. The van der Waals surface area contributed by atoms with Gasteiger partial charge in [0.2, 0.25) is 4.96 Å². The van der Waals surface area contributed by atoms with Gasteiger partial charge in [-0.3, -0.25) is 4.79 Å².